The van der Waals surface area contributed by atoms with Crippen LogP contribution in [0.15, 0.2) is 195 Å². The molecule has 12 aromatic heterocycles. The van der Waals surface area contributed by atoms with E-state index in [-0.39, 0.29) is 28.7 Å². The van der Waals surface area contributed by atoms with Crippen LogP contribution in [0.1, 0.15) is 176 Å². The van der Waals surface area contributed by atoms with Crippen molar-refractivity contribution in [2.24, 2.45) is 71.0 Å². The highest BCUT2D eigenvalue weighted by Crippen LogP contribution is 2.52. The predicted molar refractivity (Wildman–Crippen MR) is 556 cm³/mol. The number of benzene rings is 4. The minimum atomic E-state index is -0.389. The maximum Gasteiger partial charge on any atom is 0.164 e. The topological polar surface area (TPSA) is 288 Å². The molecule has 730 valence electrons. The number of pyridine rings is 4. The molecule has 16 aromatic rings. The first-order valence-electron chi connectivity index (χ1n) is 51.5. The second-order valence-electron chi connectivity index (χ2n) is 42.5. The molecule has 12 saturated carbocycles. The van der Waals surface area contributed by atoms with Gasteiger partial charge in [-0.1, -0.05) is 97.0 Å². The van der Waals surface area contributed by atoms with Gasteiger partial charge in [-0.15, -0.1) is 0 Å². The van der Waals surface area contributed by atoms with Gasteiger partial charge in [-0.3, -0.25) is 0 Å². The first kappa shape index (κ1) is 93.3. The van der Waals surface area contributed by atoms with Crippen molar-refractivity contribution in [3.05, 3.63) is 224 Å². The Bertz CT molecular complexity index is 7190. The van der Waals surface area contributed by atoms with Crippen LogP contribution in [0.5, 0.6) is 11.5 Å². The first-order chi connectivity index (χ1) is 69.1. The van der Waals surface area contributed by atoms with Crippen molar-refractivity contribution in [3.8, 4) is 102 Å². The number of aromatic nitrogens is 16. The van der Waals surface area contributed by atoms with Crippen molar-refractivity contribution in [1.82, 2.24) is 79.7 Å². The molecular weight excluding hydrogens is 1780 g/mol. The predicted octanol–water partition coefficient (Wildman–Crippen LogP) is 26.6. The second-order valence-corrected chi connectivity index (χ2v) is 42.5. The summed E-state index contributed by atoms with van der Waals surface area (Å²) in [6.07, 6.45) is 37.0. The number of halogens is 4. The number of anilines is 5. The standard InChI is InChI=1S/C31H35FN6.C30H34FN5.2C27H28FN5O/c1-19-20-5-7-22(8-6-20)29(19)36-28-16-27(21-9-11-24(12-10-21)38-13-3-2-4-14-38)35-31(37-28)26-18-34-30-25(26)15-23(32)17-33-30;1-17-18-5-7-20(8-6-18)27(17)35-26-14-25(19-9-11-21(12-10-19)30(2,3)4)34-29(36-26)24-16-33-28-23(24)13-22(31)15-32-28;1-15-16-3-5-18(6-4-16)25(15)32-24-12-23(17-7-9-20(34-2)10-8-17)31-27(33-24)22-14-30-26-21(22)11-19(28)13-29-26;1-15-16-7-9-17(10-8-16)25(15)32-24-12-22(19-5-3-4-6-23(19)34-2)31-27(33-24)21-14-30-26-20(21)11-18(28)13-29-26/h9-12,15-20,22,29H,2-8,13-14H2,1H3,(H,33,34)(H,35,36,37);9-18,20,27H,5-8H2,1-4H3,(H,32,33)(H,34,35,36);7-16,18,25H,3-6H2,1-2H3,(H,29,30)(H,31,32,33);3-6,11-17,25H,7-10H2,1-2H3,(H,29,30)(H,31,32,33). The molecule has 23 nitrogen and oxygen atoms in total. The third kappa shape index (κ3) is 19.2. The third-order valence-electron chi connectivity index (χ3n) is 33.4. The second kappa shape index (κ2) is 39.6. The van der Waals surface area contributed by atoms with Crippen molar-refractivity contribution in [3.63, 3.8) is 0 Å². The zero-order chi connectivity index (χ0) is 97.1. The van der Waals surface area contributed by atoms with Gasteiger partial charge in [0.25, 0.3) is 0 Å². The normalized spacial score (nSPS) is 24.2. The Kier molecular flexibility index (Phi) is 26.0. The van der Waals surface area contributed by atoms with Crippen molar-refractivity contribution < 1.29 is 27.0 Å². The number of H-pyrrole nitrogens is 4. The number of rotatable bonds is 19. The van der Waals surface area contributed by atoms with E-state index < -0.39 is 0 Å². The number of fused-ring (bicyclic) bond motifs is 16. The van der Waals surface area contributed by atoms with E-state index >= 15 is 0 Å². The number of piperidine rings is 1. The lowest BCUT2D eigenvalue weighted by atomic mass is 9.62. The van der Waals surface area contributed by atoms with Gasteiger partial charge in [0, 0.05) is 158 Å². The van der Waals surface area contributed by atoms with E-state index in [9.17, 15) is 17.6 Å². The molecule has 8 bridgehead atoms. The van der Waals surface area contributed by atoms with Gasteiger partial charge in [0.2, 0.25) is 0 Å². The summed E-state index contributed by atoms with van der Waals surface area (Å²) in [5, 5.41) is 17.9. The molecule has 8 N–H and O–H groups in total. The van der Waals surface area contributed by atoms with Gasteiger partial charge in [-0.25, -0.2) is 77.4 Å². The molecular formula is C115H125F4N21O2. The lowest BCUT2D eigenvalue weighted by molar-refractivity contribution is 0.0928. The number of para-hydroxylation sites is 1. The van der Waals surface area contributed by atoms with E-state index in [1.54, 1.807) is 26.6 Å². The number of nitrogens with zero attached hydrogens (tertiary/aromatic N) is 13. The Labute approximate surface area is 825 Å². The summed E-state index contributed by atoms with van der Waals surface area (Å²) in [4.78, 5) is 71.2. The van der Waals surface area contributed by atoms with Gasteiger partial charge >= 0.3 is 0 Å². The number of nitrogens with one attached hydrogen (secondary N) is 8. The number of aromatic amines is 4. The van der Waals surface area contributed by atoms with Crippen molar-refractivity contribution in [2.75, 3.05) is 53.5 Å². The Morgan fingerprint density at radius 2 is 0.620 bits per heavy atom. The number of ether oxygens (including phenoxy) is 2. The molecule has 13 aliphatic rings. The summed E-state index contributed by atoms with van der Waals surface area (Å²) < 4.78 is 67.2. The van der Waals surface area contributed by atoms with E-state index in [0.717, 1.165) is 139 Å². The van der Waals surface area contributed by atoms with Crippen LogP contribution in [0.3, 0.4) is 0 Å². The fraction of sp³-hybridized carbons (Fsp3) is 0.409. The Hall–Kier alpha value is -13.7. The highest BCUT2D eigenvalue weighted by molar-refractivity contribution is 5.96. The quantitative estimate of drug-likeness (QED) is 0.0349. The number of methoxy groups -OCH3 is 2. The zero-order valence-corrected chi connectivity index (χ0v) is 82.2. The van der Waals surface area contributed by atoms with Gasteiger partial charge < -0.3 is 55.6 Å². The summed E-state index contributed by atoms with van der Waals surface area (Å²) >= 11 is 0. The minimum absolute atomic E-state index is 0.0830. The average molecular weight is 1910 g/mol. The Balaban J connectivity index is 0.000000109. The highest BCUT2D eigenvalue weighted by atomic mass is 19.1. The summed E-state index contributed by atoms with van der Waals surface area (Å²) in [6, 6.07) is 48.8. The molecule has 8 unspecified atom stereocenters. The average Bonchev–Trinajstić information content (AvgIpc) is 1.63. The molecule has 142 heavy (non-hydrogen) atoms. The van der Waals surface area contributed by atoms with Crippen LogP contribution >= 0.6 is 0 Å². The molecule has 27 heteroatoms. The van der Waals surface area contributed by atoms with E-state index in [2.05, 4.69) is 175 Å². The lowest BCUT2D eigenvalue weighted by Crippen LogP contribution is -2.47. The maximum atomic E-state index is 14.1. The summed E-state index contributed by atoms with van der Waals surface area (Å²) in [6.45, 7) is 18.4. The molecule has 13 heterocycles. The smallest absolute Gasteiger partial charge is 0.164 e. The van der Waals surface area contributed by atoms with E-state index in [1.807, 2.05) is 73.1 Å². The third-order valence-corrected chi connectivity index (χ3v) is 33.4. The highest BCUT2D eigenvalue weighted by Gasteiger charge is 2.46. The van der Waals surface area contributed by atoms with Crippen LogP contribution in [0.25, 0.3) is 135 Å². The van der Waals surface area contributed by atoms with Gasteiger partial charge in [0.15, 0.2) is 23.3 Å². The van der Waals surface area contributed by atoms with Crippen LogP contribution in [0.4, 0.5) is 46.5 Å². The Morgan fingerprint density at radius 3 is 0.930 bits per heavy atom. The van der Waals surface area contributed by atoms with Crippen molar-refractivity contribution in [1.29, 1.82) is 0 Å². The number of hydrogen-bond acceptors (Lipinski definition) is 19. The molecule has 8 atom stereocenters. The fourth-order valence-electron chi connectivity index (χ4n) is 25.2. The van der Waals surface area contributed by atoms with Gasteiger partial charge in [-0.05, 0) is 277 Å². The molecule has 0 spiro atoms. The largest absolute Gasteiger partial charge is 0.497 e. The minimum Gasteiger partial charge on any atom is -0.497 e. The van der Waals surface area contributed by atoms with Crippen LogP contribution in [-0.4, -0.2) is 131 Å². The molecule has 29 rings (SSSR count). The first-order valence-corrected chi connectivity index (χ1v) is 51.5. The van der Waals surface area contributed by atoms with Crippen LogP contribution in [0, 0.1) is 94.3 Å². The van der Waals surface area contributed by atoms with E-state index in [0.29, 0.717) is 139 Å². The molecule has 1 saturated heterocycles. The van der Waals surface area contributed by atoms with Gasteiger partial charge in [0.1, 0.15) is 80.6 Å². The summed E-state index contributed by atoms with van der Waals surface area (Å²) in [5.74, 6) is 13.8. The maximum absolute atomic E-state index is 14.1. The van der Waals surface area contributed by atoms with Crippen LogP contribution in [0.2, 0.25) is 0 Å². The molecule has 13 fully saturated rings. The molecule has 0 amide bonds. The zero-order valence-electron chi connectivity index (χ0n) is 82.2. The van der Waals surface area contributed by atoms with E-state index in [4.69, 9.17) is 49.3 Å². The van der Waals surface area contributed by atoms with Crippen LogP contribution < -0.4 is 35.6 Å². The molecule has 12 aliphatic carbocycles. The summed E-state index contributed by atoms with van der Waals surface area (Å²) in [5.41, 5.74) is 15.3. The number of hydrogen-bond donors (Lipinski definition) is 8. The van der Waals surface area contributed by atoms with Gasteiger partial charge in [0.05, 0.1) is 61.8 Å². The Morgan fingerprint density at radius 1 is 0.324 bits per heavy atom. The monoisotopic (exact) mass is 1910 g/mol. The summed E-state index contributed by atoms with van der Waals surface area (Å²) in [7, 11) is 3.32. The molecule has 1 aliphatic heterocycles. The molecule has 4 aromatic carbocycles. The SMILES string of the molecule is CC1C2CCC(CC2)C1Nc1cc(-c2ccc(C(C)(C)C)cc2)nc(-c2c[nH]c3ncc(F)cc23)n1.CC1C2CCC(CC2)C1Nc1cc(-c2ccc(N3CCCCC3)cc2)nc(-c2c[nH]c3ncc(F)cc23)n1.COc1ccc(-c2cc(NC3C4CCC(CC4)C3C)nc(-c3c[nH]c4ncc(F)cc34)n2)cc1.COc1ccccc1-c1cc(NC2C3CCC(CC3)C2C)nc(-c2c[nH]c3ncc(F)cc23)n1. The van der Waals surface area contributed by atoms with Crippen molar-refractivity contribution in [2.45, 2.75) is 200 Å². The lowest BCUT2D eigenvalue weighted by Gasteiger charge is -2.47. The van der Waals surface area contributed by atoms with Crippen LogP contribution in [-0.2, 0) is 5.41 Å². The van der Waals surface area contributed by atoms with E-state index in [1.165, 1.54) is 182 Å². The fourth-order valence-corrected chi connectivity index (χ4v) is 25.2. The molecule has 0 radical (unpaired) electrons. The van der Waals surface area contributed by atoms with Crippen molar-refractivity contribution >= 4 is 73.1 Å². The van der Waals surface area contributed by atoms with Gasteiger partial charge in [-0.2, -0.15) is 0 Å².